The number of amides is 1. The molecule has 1 fully saturated rings. The summed E-state index contributed by atoms with van der Waals surface area (Å²) < 4.78 is 0. The zero-order valence-electron chi connectivity index (χ0n) is 8.85. The van der Waals surface area contributed by atoms with Crippen molar-refractivity contribution in [3.63, 3.8) is 0 Å². The van der Waals surface area contributed by atoms with Gasteiger partial charge < -0.3 is 11.5 Å². The van der Waals surface area contributed by atoms with Gasteiger partial charge in [0.25, 0.3) is 0 Å². The second-order valence-electron chi connectivity index (χ2n) is 4.15. The number of nitrogens with one attached hydrogen (secondary N) is 1. The summed E-state index contributed by atoms with van der Waals surface area (Å²) in [4.78, 5) is 15.3. The Morgan fingerprint density at radius 2 is 2.50 bits per heavy atom. The second-order valence-corrected chi connectivity index (χ2v) is 5.44. The molecule has 2 unspecified atom stereocenters. The van der Waals surface area contributed by atoms with E-state index in [-0.39, 0.29) is 5.25 Å². The van der Waals surface area contributed by atoms with E-state index in [0.29, 0.717) is 12.8 Å². The van der Waals surface area contributed by atoms with E-state index in [2.05, 4.69) is 15.2 Å². The molecule has 1 heterocycles. The molecular formula is C9H15N5OS. The number of nitrogens with two attached hydrogens (primary N) is 2. The maximum absolute atomic E-state index is 11.3. The van der Waals surface area contributed by atoms with Crippen LogP contribution in [0.4, 0.5) is 0 Å². The minimum atomic E-state index is -0.851. The fourth-order valence-electron chi connectivity index (χ4n) is 1.99. The highest BCUT2D eigenvalue weighted by atomic mass is 32.2. The number of H-pyrrole nitrogens is 1. The predicted octanol–water partition coefficient (Wildman–Crippen LogP) is 0.0222. The molecule has 2 rings (SSSR count). The van der Waals surface area contributed by atoms with Gasteiger partial charge in [0.2, 0.25) is 5.91 Å². The van der Waals surface area contributed by atoms with Crippen LogP contribution >= 0.6 is 11.8 Å². The first-order valence-corrected chi connectivity index (χ1v) is 6.09. The van der Waals surface area contributed by atoms with Crippen molar-refractivity contribution in [3.05, 3.63) is 6.33 Å². The van der Waals surface area contributed by atoms with Crippen LogP contribution < -0.4 is 11.5 Å². The van der Waals surface area contributed by atoms with Gasteiger partial charge in [-0.15, -0.1) is 0 Å². The van der Waals surface area contributed by atoms with Gasteiger partial charge in [0.15, 0.2) is 5.16 Å². The fraction of sp³-hybridized carbons (Fsp3) is 0.667. The van der Waals surface area contributed by atoms with Gasteiger partial charge in [-0.1, -0.05) is 11.8 Å². The van der Waals surface area contributed by atoms with Crippen LogP contribution in [0, 0.1) is 0 Å². The van der Waals surface area contributed by atoms with E-state index in [1.54, 1.807) is 11.8 Å². The van der Waals surface area contributed by atoms with Crippen LogP contribution in [0.25, 0.3) is 0 Å². The largest absolute Gasteiger partial charge is 0.368 e. The molecule has 1 aliphatic rings. The highest BCUT2D eigenvalue weighted by Gasteiger charge is 2.38. The third-order valence-electron chi connectivity index (χ3n) is 2.90. The number of aromatic nitrogens is 3. The Morgan fingerprint density at radius 1 is 1.69 bits per heavy atom. The summed E-state index contributed by atoms with van der Waals surface area (Å²) >= 11 is 1.57. The molecule has 0 aliphatic heterocycles. The quantitative estimate of drug-likeness (QED) is 0.691. The molecule has 1 aromatic rings. The monoisotopic (exact) mass is 241 g/mol. The van der Waals surface area contributed by atoms with Gasteiger partial charge in [0.1, 0.15) is 6.33 Å². The lowest BCUT2D eigenvalue weighted by Gasteiger charge is -2.34. The number of thioether (sulfide) groups is 1. The van der Waals surface area contributed by atoms with Gasteiger partial charge in [-0.3, -0.25) is 9.89 Å². The Kier molecular flexibility index (Phi) is 3.15. The first kappa shape index (κ1) is 11.4. The Bertz CT molecular complexity index is 368. The Morgan fingerprint density at radius 3 is 3.12 bits per heavy atom. The Balaban J connectivity index is 1.99. The number of primary amides is 1. The Labute approximate surface area is 97.6 Å². The van der Waals surface area contributed by atoms with E-state index in [4.69, 9.17) is 11.5 Å². The molecule has 0 radical (unpaired) electrons. The number of hydrogen-bond donors (Lipinski definition) is 3. The number of nitrogens with zero attached hydrogens (tertiary/aromatic N) is 2. The van der Waals surface area contributed by atoms with Crippen LogP contribution in [0.15, 0.2) is 11.5 Å². The van der Waals surface area contributed by atoms with Crippen LogP contribution in [0.3, 0.4) is 0 Å². The zero-order chi connectivity index (χ0) is 11.6. The third-order valence-corrected chi connectivity index (χ3v) is 4.06. The molecule has 0 bridgehead atoms. The number of aromatic amines is 1. The summed E-state index contributed by atoms with van der Waals surface area (Å²) in [5, 5.41) is 7.60. The van der Waals surface area contributed by atoms with Crippen molar-refractivity contribution in [2.75, 3.05) is 0 Å². The van der Waals surface area contributed by atoms with Crippen LogP contribution in [-0.4, -0.2) is 31.9 Å². The summed E-state index contributed by atoms with van der Waals surface area (Å²) in [6.07, 6.45) is 4.70. The van der Waals surface area contributed by atoms with Crippen LogP contribution in [0.2, 0.25) is 0 Å². The van der Waals surface area contributed by atoms with E-state index in [1.807, 2.05) is 0 Å². The van der Waals surface area contributed by atoms with Crippen molar-refractivity contribution in [2.45, 2.75) is 41.6 Å². The summed E-state index contributed by atoms with van der Waals surface area (Å²) in [5.74, 6) is -0.407. The van der Waals surface area contributed by atoms with Crippen molar-refractivity contribution in [3.8, 4) is 0 Å². The van der Waals surface area contributed by atoms with E-state index in [9.17, 15) is 4.79 Å². The molecule has 1 aromatic heterocycles. The molecule has 5 N–H and O–H groups in total. The molecule has 6 nitrogen and oxygen atoms in total. The van der Waals surface area contributed by atoms with Gasteiger partial charge in [0.05, 0.1) is 5.54 Å². The topological polar surface area (TPSA) is 111 Å². The minimum absolute atomic E-state index is 0.277. The van der Waals surface area contributed by atoms with Gasteiger partial charge in [0, 0.05) is 5.25 Å². The van der Waals surface area contributed by atoms with Crippen molar-refractivity contribution in [1.29, 1.82) is 0 Å². The number of rotatable bonds is 3. The van der Waals surface area contributed by atoms with Gasteiger partial charge >= 0.3 is 0 Å². The minimum Gasteiger partial charge on any atom is -0.368 e. The number of hydrogen-bond acceptors (Lipinski definition) is 5. The summed E-state index contributed by atoms with van der Waals surface area (Å²) in [6.45, 7) is 0. The van der Waals surface area contributed by atoms with Crippen LogP contribution in [0.1, 0.15) is 25.7 Å². The lowest BCUT2D eigenvalue weighted by molar-refractivity contribution is -0.124. The summed E-state index contributed by atoms with van der Waals surface area (Å²) in [5.41, 5.74) is 10.5. The number of carbonyl (C=O) groups is 1. The molecule has 0 aromatic carbocycles. The van der Waals surface area contributed by atoms with E-state index in [0.717, 1.165) is 18.0 Å². The van der Waals surface area contributed by atoms with Crippen LogP contribution in [-0.2, 0) is 4.79 Å². The molecule has 1 saturated carbocycles. The first-order valence-electron chi connectivity index (χ1n) is 5.21. The van der Waals surface area contributed by atoms with E-state index < -0.39 is 11.4 Å². The third kappa shape index (κ3) is 2.35. The number of carbonyl (C=O) groups excluding carboxylic acids is 1. The van der Waals surface area contributed by atoms with Crippen molar-refractivity contribution < 1.29 is 4.79 Å². The predicted molar refractivity (Wildman–Crippen MR) is 60.6 cm³/mol. The molecule has 16 heavy (non-hydrogen) atoms. The van der Waals surface area contributed by atoms with Gasteiger partial charge in [-0.05, 0) is 25.7 Å². The molecule has 0 spiro atoms. The van der Waals surface area contributed by atoms with Crippen LogP contribution in [0.5, 0.6) is 0 Å². The molecule has 2 atom stereocenters. The van der Waals surface area contributed by atoms with Gasteiger partial charge in [-0.2, -0.15) is 5.10 Å². The highest BCUT2D eigenvalue weighted by molar-refractivity contribution is 7.99. The second kappa shape index (κ2) is 4.42. The SMILES string of the molecule is NC(=O)C1(N)CCCC(Sc2ncn[nH]2)C1. The fourth-order valence-corrected chi connectivity index (χ4v) is 3.18. The van der Waals surface area contributed by atoms with E-state index in [1.165, 1.54) is 6.33 Å². The average Bonchev–Trinajstić information content (AvgIpc) is 2.70. The normalized spacial score (nSPS) is 30.2. The van der Waals surface area contributed by atoms with Crippen molar-refractivity contribution >= 4 is 17.7 Å². The molecule has 88 valence electrons. The summed E-state index contributed by atoms with van der Waals surface area (Å²) in [6, 6.07) is 0. The average molecular weight is 241 g/mol. The lowest BCUT2D eigenvalue weighted by atomic mass is 9.82. The molecular weight excluding hydrogens is 226 g/mol. The molecule has 0 saturated heterocycles. The highest BCUT2D eigenvalue weighted by Crippen LogP contribution is 2.35. The van der Waals surface area contributed by atoms with Crippen molar-refractivity contribution in [1.82, 2.24) is 15.2 Å². The zero-order valence-corrected chi connectivity index (χ0v) is 9.67. The first-order chi connectivity index (χ1) is 7.60. The van der Waals surface area contributed by atoms with E-state index >= 15 is 0 Å². The molecule has 1 amide bonds. The van der Waals surface area contributed by atoms with Crippen molar-refractivity contribution in [2.24, 2.45) is 11.5 Å². The standard InChI is InChI=1S/C9H15N5OS/c10-7(15)9(11)3-1-2-6(4-9)16-8-12-5-13-14-8/h5-6H,1-4,11H2,(H2,10,15)(H,12,13,14). The Hall–Kier alpha value is -1.08. The maximum atomic E-state index is 11.3. The van der Waals surface area contributed by atoms with Gasteiger partial charge in [-0.25, -0.2) is 4.98 Å². The maximum Gasteiger partial charge on any atom is 0.237 e. The molecule has 7 heteroatoms. The lowest BCUT2D eigenvalue weighted by Crippen LogP contribution is -2.55. The smallest absolute Gasteiger partial charge is 0.237 e. The molecule has 1 aliphatic carbocycles. The summed E-state index contributed by atoms with van der Waals surface area (Å²) in [7, 11) is 0.